The van der Waals surface area contributed by atoms with E-state index in [0.717, 1.165) is 55.8 Å². The van der Waals surface area contributed by atoms with Gasteiger partial charge in [-0.15, -0.1) is 0 Å². The number of nitrogens with zero attached hydrogens (tertiary/aromatic N) is 2. The van der Waals surface area contributed by atoms with Crippen molar-refractivity contribution in [1.82, 2.24) is 0 Å². The number of anilines is 1. The molecule has 0 atom stereocenters. The summed E-state index contributed by atoms with van der Waals surface area (Å²) in [6.07, 6.45) is 5.43. The smallest absolute Gasteiger partial charge is 0.263 e. The maximum Gasteiger partial charge on any atom is 0.263 e. The van der Waals surface area contributed by atoms with Crippen LogP contribution in [-0.4, -0.2) is 39.5 Å². The molecule has 11 heteroatoms. The van der Waals surface area contributed by atoms with Gasteiger partial charge in [0.05, 0.1) is 35.1 Å². The van der Waals surface area contributed by atoms with Gasteiger partial charge in [-0.2, -0.15) is 4.57 Å². The fourth-order valence-electron chi connectivity index (χ4n) is 4.31. The third-order valence-corrected chi connectivity index (χ3v) is 9.21. The van der Waals surface area contributed by atoms with Crippen molar-refractivity contribution in [3.63, 3.8) is 0 Å². The molecule has 2 aromatic carbocycles. The van der Waals surface area contributed by atoms with Crippen molar-refractivity contribution >= 4 is 55.2 Å². The Kier molecular flexibility index (Phi) is 9.50. The van der Waals surface area contributed by atoms with Gasteiger partial charge in [-0.05, 0) is 48.8 Å². The molecule has 1 aliphatic rings. The van der Waals surface area contributed by atoms with E-state index in [1.54, 1.807) is 30.2 Å². The van der Waals surface area contributed by atoms with Gasteiger partial charge in [-0.25, -0.2) is 18.2 Å². The Labute approximate surface area is 232 Å². The second-order valence-corrected chi connectivity index (χ2v) is 12.3. The van der Waals surface area contributed by atoms with Gasteiger partial charge in [0, 0.05) is 41.8 Å². The van der Waals surface area contributed by atoms with E-state index in [1.807, 2.05) is 24.3 Å². The van der Waals surface area contributed by atoms with E-state index in [1.165, 1.54) is 12.0 Å². The average Bonchev–Trinajstić information content (AvgIpc) is 3.42. The van der Waals surface area contributed by atoms with E-state index in [9.17, 15) is 13.0 Å². The molecule has 0 fully saturated rings. The quantitative estimate of drug-likeness (QED) is 0.121. The van der Waals surface area contributed by atoms with Crippen LogP contribution in [-0.2, 0) is 33.0 Å². The van der Waals surface area contributed by atoms with Crippen LogP contribution in [0, 0.1) is 0 Å². The third kappa shape index (κ3) is 6.77. The largest absolute Gasteiger partial charge is 0.748 e. The second kappa shape index (κ2) is 12.6. The van der Waals surface area contributed by atoms with Gasteiger partial charge in [-0.1, -0.05) is 36.1 Å². The third-order valence-electron chi connectivity index (χ3n) is 6.19. The minimum Gasteiger partial charge on any atom is -0.748 e. The van der Waals surface area contributed by atoms with Gasteiger partial charge >= 0.3 is 0 Å². The van der Waals surface area contributed by atoms with Crippen molar-refractivity contribution in [2.75, 3.05) is 31.4 Å². The SMILES string of the molecule is CCC(=C/c1sc2ccc(COOC)cc2[n+]1CCCS(=O)(=O)[O-])/C=C1/Sc2ccc(OC)cc2N1CC. The molecule has 0 spiro atoms. The fourth-order valence-corrected chi connectivity index (χ4v) is 7.12. The molecule has 1 aliphatic heterocycles. The van der Waals surface area contributed by atoms with Crippen molar-refractivity contribution in [2.24, 2.45) is 0 Å². The summed E-state index contributed by atoms with van der Waals surface area (Å²) >= 11 is 3.37. The van der Waals surface area contributed by atoms with Crippen LogP contribution in [0.2, 0.25) is 0 Å². The highest BCUT2D eigenvalue weighted by Gasteiger charge is 2.25. The Morgan fingerprint density at radius 3 is 2.66 bits per heavy atom. The number of thiazole rings is 1. The minimum atomic E-state index is -4.29. The van der Waals surface area contributed by atoms with Crippen LogP contribution in [0.3, 0.4) is 0 Å². The number of methoxy groups -OCH3 is 1. The molecule has 0 N–H and O–H groups in total. The Bertz CT molecular complexity index is 1460. The number of hydrogen-bond acceptors (Lipinski definition) is 9. The molecule has 0 aliphatic carbocycles. The lowest BCUT2D eigenvalue weighted by molar-refractivity contribution is -0.668. The van der Waals surface area contributed by atoms with Crippen LogP contribution in [0.25, 0.3) is 16.3 Å². The van der Waals surface area contributed by atoms with Gasteiger partial charge < -0.3 is 14.2 Å². The van der Waals surface area contributed by atoms with Crippen LogP contribution in [0.4, 0.5) is 5.69 Å². The summed E-state index contributed by atoms with van der Waals surface area (Å²) in [5.41, 5.74) is 4.19. The standard InChI is InChI=1S/C27H32N2O6S3/c1-5-19(15-26-28(6-2)23-17-21(33-3)9-11-25(23)36-26)16-27-29(12-7-13-38(30,31)32)22-14-20(18-35-34-4)8-10-24(22)37-27/h8-11,14-17H,5-7,12-13,18H2,1-4H3. The van der Waals surface area contributed by atoms with E-state index in [-0.39, 0.29) is 6.42 Å². The number of aromatic nitrogens is 1. The molecule has 0 unspecified atom stereocenters. The summed E-state index contributed by atoms with van der Waals surface area (Å²) in [7, 11) is -1.14. The van der Waals surface area contributed by atoms with Crippen LogP contribution in [0.5, 0.6) is 5.75 Å². The summed E-state index contributed by atoms with van der Waals surface area (Å²) in [4.78, 5) is 13.3. The predicted octanol–water partition coefficient (Wildman–Crippen LogP) is 5.48. The first-order valence-corrected chi connectivity index (χ1v) is 15.6. The van der Waals surface area contributed by atoms with E-state index < -0.39 is 15.9 Å². The molecule has 38 heavy (non-hydrogen) atoms. The molecule has 204 valence electrons. The predicted molar refractivity (Wildman–Crippen MR) is 151 cm³/mol. The Morgan fingerprint density at radius 1 is 1.16 bits per heavy atom. The topological polar surface area (TPSA) is 92.0 Å². The molecule has 1 aromatic heterocycles. The van der Waals surface area contributed by atoms with Crippen LogP contribution in [0.15, 0.2) is 58.0 Å². The fraction of sp³-hybridized carbons (Fsp3) is 0.370. The van der Waals surface area contributed by atoms with Gasteiger partial charge in [0.25, 0.3) is 5.01 Å². The normalized spacial score (nSPS) is 15.0. The molecule has 0 radical (unpaired) electrons. The minimum absolute atomic E-state index is 0.237. The van der Waals surface area contributed by atoms with Crippen molar-refractivity contribution in [3.05, 3.63) is 63.6 Å². The van der Waals surface area contributed by atoms with E-state index in [4.69, 9.17) is 14.5 Å². The van der Waals surface area contributed by atoms with E-state index in [2.05, 4.69) is 47.6 Å². The molecule has 2 heterocycles. The average molecular weight is 577 g/mol. The Balaban J connectivity index is 1.72. The highest BCUT2D eigenvalue weighted by Crippen LogP contribution is 2.47. The molecular formula is C27H32N2O6S3. The number of allylic oxidation sites excluding steroid dienone is 2. The summed E-state index contributed by atoms with van der Waals surface area (Å²) in [6, 6.07) is 12.2. The van der Waals surface area contributed by atoms with Gasteiger partial charge in [0.1, 0.15) is 17.1 Å². The summed E-state index contributed by atoms with van der Waals surface area (Å²) in [5, 5.41) is 2.14. The number of ether oxygens (including phenoxy) is 1. The number of rotatable bonds is 12. The first kappa shape index (κ1) is 28.6. The van der Waals surface area contributed by atoms with Crippen LogP contribution >= 0.6 is 23.1 Å². The van der Waals surface area contributed by atoms with Crippen LogP contribution in [0.1, 0.15) is 37.3 Å². The number of thioether (sulfide) groups is 1. The lowest BCUT2D eigenvalue weighted by Crippen LogP contribution is -2.36. The zero-order valence-corrected chi connectivity index (χ0v) is 24.4. The van der Waals surface area contributed by atoms with Crippen LogP contribution < -0.4 is 14.2 Å². The summed E-state index contributed by atoms with van der Waals surface area (Å²) in [6.45, 7) is 5.79. The maximum absolute atomic E-state index is 11.3. The first-order chi connectivity index (χ1) is 18.3. The first-order valence-electron chi connectivity index (χ1n) is 12.4. The molecule has 3 aromatic rings. The van der Waals surface area contributed by atoms with Crippen molar-refractivity contribution in [2.45, 2.75) is 44.7 Å². The summed E-state index contributed by atoms with van der Waals surface area (Å²) in [5.74, 6) is 0.429. The maximum atomic E-state index is 11.3. The Hall–Kier alpha value is -2.41. The molecule has 0 bridgehead atoms. The molecule has 8 nitrogen and oxygen atoms in total. The van der Waals surface area contributed by atoms with Gasteiger partial charge in [-0.3, -0.25) is 0 Å². The molecule has 0 saturated carbocycles. The van der Waals surface area contributed by atoms with Gasteiger partial charge in [0.15, 0.2) is 6.54 Å². The van der Waals surface area contributed by atoms with Crippen molar-refractivity contribution < 1.29 is 32.0 Å². The van der Waals surface area contributed by atoms with Crippen molar-refractivity contribution in [3.8, 4) is 5.75 Å². The zero-order chi connectivity index (χ0) is 27.3. The van der Waals surface area contributed by atoms with E-state index in [0.29, 0.717) is 13.2 Å². The van der Waals surface area contributed by atoms with Crippen molar-refractivity contribution in [1.29, 1.82) is 0 Å². The second-order valence-electron chi connectivity index (χ2n) is 8.67. The number of hydrogen-bond donors (Lipinski definition) is 0. The highest BCUT2D eigenvalue weighted by atomic mass is 32.2. The number of benzene rings is 2. The lowest BCUT2D eigenvalue weighted by Gasteiger charge is -2.18. The van der Waals surface area contributed by atoms with Gasteiger partial charge in [0.2, 0.25) is 5.52 Å². The molecule has 0 saturated heterocycles. The monoisotopic (exact) mass is 576 g/mol. The van der Waals surface area contributed by atoms with E-state index >= 15 is 0 Å². The number of aryl methyl sites for hydroxylation is 1. The molecule has 0 amide bonds. The number of fused-ring (bicyclic) bond motifs is 2. The zero-order valence-electron chi connectivity index (χ0n) is 21.9. The molecular weight excluding hydrogens is 545 g/mol. The summed E-state index contributed by atoms with van der Waals surface area (Å²) < 4.78 is 42.4. The highest BCUT2D eigenvalue weighted by molar-refractivity contribution is 8.03. The Morgan fingerprint density at radius 2 is 1.97 bits per heavy atom. The lowest BCUT2D eigenvalue weighted by atomic mass is 10.2. The molecule has 4 rings (SSSR count).